The maximum absolute atomic E-state index is 12.1. The lowest BCUT2D eigenvalue weighted by atomic mass is 9.99. The van der Waals surface area contributed by atoms with Crippen LogP contribution in [0.3, 0.4) is 0 Å². The van der Waals surface area contributed by atoms with Gasteiger partial charge in [0.25, 0.3) is 5.56 Å². The van der Waals surface area contributed by atoms with Crippen molar-refractivity contribution in [1.82, 2.24) is 9.78 Å². The van der Waals surface area contributed by atoms with E-state index in [1.807, 2.05) is 0 Å². The standard InChI is InChI=1S/C14H23N3O3/c1-11-4-6-16(7-5-11)12-8-13(18)17(15-9-12)10-14(19-2)20-3/h8-9,11,14H,4-7,10H2,1-3H3. The predicted molar refractivity (Wildman–Crippen MR) is 76.9 cm³/mol. The quantitative estimate of drug-likeness (QED) is 0.756. The molecule has 6 heteroatoms. The first-order valence-corrected chi connectivity index (χ1v) is 7.01. The van der Waals surface area contributed by atoms with Crippen molar-refractivity contribution in [2.75, 3.05) is 32.2 Å². The molecule has 0 aliphatic carbocycles. The first kappa shape index (κ1) is 15.0. The average Bonchev–Trinajstić information content (AvgIpc) is 2.47. The number of ether oxygens (including phenoxy) is 2. The number of anilines is 1. The van der Waals surface area contributed by atoms with Gasteiger partial charge in [-0.2, -0.15) is 5.10 Å². The number of hydrogen-bond acceptors (Lipinski definition) is 5. The summed E-state index contributed by atoms with van der Waals surface area (Å²) in [6, 6.07) is 1.64. The van der Waals surface area contributed by atoms with Crippen molar-refractivity contribution in [3.05, 3.63) is 22.6 Å². The van der Waals surface area contributed by atoms with Crippen LogP contribution in [0.2, 0.25) is 0 Å². The van der Waals surface area contributed by atoms with Gasteiger partial charge in [0.15, 0.2) is 6.29 Å². The monoisotopic (exact) mass is 281 g/mol. The first-order chi connectivity index (χ1) is 9.63. The van der Waals surface area contributed by atoms with Crippen LogP contribution >= 0.6 is 0 Å². The number of rotatable bonds is 5. The Balaban J connectivity index is 2.07. The summed E-state index contributed by atoms with van der Waals surface area (Å²) in [6.45, 7) is 4.54. The third-order valence-corrected chi connectivity index (χ3v) is 3.85. The summed E-state index contributed by atoms with van der Waals surface area (Å²) in [4.78, 5) is 14.3. The molecule has 0 amide bonds. The van der Waals surface area contributed by atoms with Crippen molar-refractivity contribution in [3.8, 4) is 0 Å². The van der Waals surface area contributed by atoms with Gasteiger partial charge in [0.2, 0.25) is 0 Å². The molecule has 0 spiro atoms. The second kappa shape index (κ2) is 6.85. The van der Waals surface area contributed by atoms with Gasteiger partial charge in [-0.15, -0.1) is 0 Å². The van der Waals surface area contributed by atoms with Gasteiger partial charge in [0, 0.05) is 33.4 Å². The van der Waals surface area contributed by atoms with E-state index in [0.717, 1.165) is 24.7 Å². The zero-order chi connectivity index (χ0) is 14.5. The van der Waals surface area contributed by atoms with E-state index in [1.54, 1.807) is 26.5 Å². The molecule has 0 unspecified atom stereocenters. The molecular formula is C14H23N3O3. The van der Waals surface area contributed by atoms with Gasteiger partial charge in [-0.1, -0.05) is 6.92 Å². The van der Waals surface area contributed by atoms with Crippen LogP contribution in [0, 0.1) is 5.92 Å². The zero-order valence-corrected chi connectivity index (χ0v) is 12.4. The fourth-order valence-corrected chi connectivity index (χ4v) is 2.39. The van der Waals surface area contributed by atoms with Crippen LogP contribution in [0.25, 0.3) is 0 Å². The van der Waals surface area contributed by atoms with Gasteiger partial charge in [-0.3, -0.25) is 4.79 Å². The molecule has 2 heterocycles. The van der Waals surface area contributed by atoms with E-state index in [1.165, 1.54) is 17.5 Å². The second-order valence-electron chi connectivity index (χ2n) is 5.30. The van der Waals surface area contributed by atoms with Crippen molar-refractivity contribution in [2.45, 2.75) is 32.6 Å². The first-order valence-electron chi connectivity index (χ1n) is 7.01. The molecular weight excluding hydrogens is 258 g/mol. The topological polar surface area (TPSA) is 56.6 Å². The largest absolute Gasteiger partial charge is 0.370 e. The molecule has 0 radical (unpaired) electrons. The summed E-state index contributed by atoms with van der Waals surface area (Å²) >= 11 is 0. The lowest BCUT2D eigenvalue weighted by molar-refractivity contribution is -0.113. The highest BCUT2D eigenvalue weighted by Gasteiger charge is 2.17. The summed E-state index contributed by atoms with van der Waals surface area (Å²) < 4.78 is 11.5. The van der Waals surface area contributed by atoms with Crippen molar-refractivity contribution in [2.24, 2.45) is 5.92 Å². The predicted octanol–water partition coefficient (Wildman–Crippen LogP) is 1.10. The minimum Gasteiger partial charge on any atom is -0.370 e. The molecule has 1 aromatic heterocycles. The molecule has 1 fully saturated rings. The third-order valence-electron chi connectivity index (χ3n) is 3.85. The van der Waals surface area contributed by atoms with Crippen LogP contribution in [-0.4, -0.2) is 43.4 Å². The molecule has 20 heavy (non-hydrogen) atoms. The van der Waals surface area contributed by atoms with Gasteiger partial charge < -0.3 is 14.4 Å². The highest BCUT2D eigenvalue weighted by atomic mass is 16.7. The van der Waals surface area contributed by atoms with Gasteiger partial charge in [0.1, 0.15) is 0 Å². The molecule has 0 atom stereocenters. The SMILES string of the molecule is COC(Cn1ncc(N2CCC(C)CC2)cc1=O)OC. The van der Waals surface area contributed by atoms with Crippen LogP contribution in [0.15, 0.2) is 17.1 Å². The summed E-state index contributed by atoms with van der Waals surface area (Å²) in [6.07, 6.45) is 3.62. The Hall–Kier alpha value is -1.40. The van der Waals surface area contributed by atoms with E-state index < -0.39 is 6.29 Å². The van der Waals surface area contributed by atoms with Gasteiger partial charge >= 0.3 is 0 Å². The van der Waals surface area contributed by atoms with Crippen molar-refractivity contribution < 1.29 is 9.47 Å². The molecule has 6 nitrogen and oxygen atoms in total. The minimum absolute atomic E-state index is 0.125. The van der Waals surface area contributed by atoms with E-state index in [2.05, 4.69) is 16.9 Å². The van der Waals surface area contributed by atoms with Crippen molar-refractivity contribution in [1.29, 1.82) is 0 Å². The van der Waals surface area contributed by atoms with E-state index >= 15 is 0 Å². The molecule has 1 aliphatic heterocycles. The van der Waals surface area contributed by atoms with E-state index in [4.69, 9.17) is 9.47 Å². The lowest BCUT2D eigenvalue weighted by Crippen LogP contribution is -2.35. The molecule has 1 saturated heterocycles. The summed E-state index contributed by atoms with van der Waals surface area (Å²) in [5.74, 6) is 0.767. The highest BCUT2D eigenvalue weighted by Crippen LogP contribution is 2.20. The highest BCUT2D eigenvalue weighted by molar-refractivity contribution is 5.43. The number of methoxy groups -OCH3 is 2. The third kappa shape index (κ3) is 3.58. The van der Waals surface area contributed by atoms with Crippen LogP contribution < -0.4 is 10.5 Å². The lowest BCUT2D eigenvalue weighted by Gasteiger charge is -2.31. The number of nitrogens with zero attached hydrogens (tertiary/aromatic N) is 3. The van der Waals surface area contributed by atoms with Crippen LogP contribution in [0.5, 0.6) is 0 Å². The van der Waals surface area contributed by atoms with Crippen LogP contribution in [0.4, 0.5) is 5.69 Å². The maximum Gasteiger partial charge on any atom is 0.268 e. The van der Waals surface area contributed by atoms with E-state index in [-0.39, 0.29) is 5.56 Å². The smallest absolute Gasteiger partial charge is 0.268 e. The fourth-order valence-electron chi connectivity index (χ4n) is 2.39. The number of aromatic nitrogens is 2. The second-order valence-corrected chi connectivity index (χ2v) is 5.30. The van der Waals surface area contributed by atoms with Crippen LogP contribution in [-0.2, 0) is 16.0 Å². The fraction of sp³-hybridized carbons (Fsp3) is 0.714. The van der Waals surface area contributed by atoms with Crippen molar-refractivity contribution >= 4 is 5.69 Å². The van der Waals surface area contributed by atoms with Gasteiger partial charge in [0.05, 0.1) is 18.4 Å². The number of hydrogen-bond donors (Lipinski definition) is 0. The Labute approximate surface area is 119 Å². The summed E-state index contributed by atoms with van der Waals surface area (Å²) in [5, 5.41) is 4.21. The Morgan fingerprint density at radius 2 is 2.00 bits per heavy atom. The zero-order valence-electron chi connectivity index (χ0n) is 12.4. The molecule has 112 valence electrons. The Morgan fingerprint density at radius 3 is 2.55 bits per heavy atom. The Kier molecular flexibility index (Phi) is 5.14. The van der Waals surface area contributed by atoms with Gasteiger partial charge in [-0.25, -0.2) is 4.68 Å². The molecule has 0 aromatic carbocycles. The number of piperidine rings is 1. The molecule has 2 rings (SSSR count). The normalized spacial score (nSPS) is 16.9. The van der Waals surface area contributed by atoms with E-state index in [0.29, 0.717) is 6.54 Å². The summed E-state index contributed by atoms with van der Waals surface area (Å²) in [5.41, 5.74) is 0.782. The van der Waals surface area contributed by atoms with Crippen molar-refractivity contribution in [3.63, 3.8) is 0 Å². The van der Waals surface area contributed by atoms with E-state index in [9.17, 15) is 4.79 Å². The molecule has 0 N–H and O–H groups in total. The Bertz CT molecular complexity index is 477. The molecule has 1 aromatic rings. The van der Waals surface area contributed by atoms with Crippen LogP contribution in [0.1, 0.15) is 19.8 Å². The average molecular weight is 281 g/mol. The summed E-state index contributed by atoms with van der Waals surface area (Å²) in [7, 11) is 3.09. The Morgan fingerprint density at radius 1 is 1.35 bits per heavy atom. The molecule has 0 saturated carbocycles. The molecule has 1 aliphatic rings. The van der Waals surface area contributed by atoms with Gasteiger partial charge in [-0.05, 0) is 18.8 Å². The maximum atomic E-state index is 12.1. The minimum atomic E-state index is -0.457. The molecule has 0 bridgehead atoms.